The van der Waals surface area contributed by atoms with Crippen LogP contribution >= 0.6 is 15.9 Å². The average molecular weight is 401 g/mol. The van der Waals surface area contributed by atoms with E-state index in [0.717, 1.165) is 21.5 Å². The Morgan fingerprint density at radius 2 is 1.84 bits per heavy atom. The van der Waals surface area contributed by atoms with Crippen LogP contribution in [-0.2, 0) is 6.54 Å². The molecule has 128 valence electrons. The fraction of sp³-hybridized carbons (Fsp3) is 0.167. The highest BCUT2D eigenvalue weighted by molar-refractivity contribution is 9.10. The molecule has 0 saturated heterocycles. The predicted octanol–water partition coefficient (Wildman–Crippen LogP) is 3.28. The van der Waals surface area contributed by atoms with Gasteiger partial charge in [-0.1, -0.05) is 33.3 Å². The van der Waals surface area contributed by atoms with Crippen LogP contribution in [0.25, 0.3) is 5.69 Å². The largest absolute Gasteiger partial charge is 0.497 e. The number of benzene rings is 2. The third-order valence-corrected chi connectivity index (χ3v) is 4.32. The second-order valence-corrected chi connectivity index (χ2v) is 6.36. The van der Waals surface area contributed by atoms with E-state index in [1.54, 1.807) is 11.8 Å². The molecule has 0 bridgehead atoms. The number of methoxy groups -OCH3 is 1. The van der Waals surface area contributed by atoms with Crippen molar-refractivity contribution in [2.24, 2.45) is 0 Å². The minimum Gasteiger partial charge on any atom is -0.497 e. The quantitative estimate of drug-likeness (QED) is 0.713. The molecule has 0 aliphatic carbocycles. The first-order valence-corrected chi connectivity index (χ1v) is 8.47. The summed E-state index contributed by atoms with van der Waals surface area (Å²) in [7, 11) is 1.62. The second-order valence-electron chi connectivity index (χ2n) is 5.44. The number of amides is 1. The van der Waals surface area contributed by atoms with Gasteiger partial charge in [0.25, 0.3) is 5.91 Å². The number of hydrogen-bond donors (Lipinski definition) is 1. The zero-order valence-electron chi connectivity index (χ0n) is 13.9. The van der Waals surface area contributed by atoms with Crippen molar-refractivity contribution in [2.45, 2.75) is 13.5 Å². The van der Waals surface area contributed by atoms with Crippen molar-refractivity contribution in [1.29, 1.82) is 0 Å². The van der Waals surface area contributed by atoms with Gasteiger partial charge in [0.05, 0.1) is 18.5 Å². The summed E-state index contributed by atoms with van der Waals surface area (Å²) >= 11 is 3.40. The normalized spacial score (nSPS) is 10.5. The molecule has 0 radical (unpaired) electrons. The third-order valence-electron chi connectivity index (χ3n) is 3.79. The summed E-state index contributed by atoms with van der Waals surface area (Å²) in [6, 6.07) is 15.2. The number of carbonyl (C=O) groups excluding carboxylic acids is 1. The molecule has 0 fully saturated rings. The molecule has 0 aliphatic heterocycles. The summed E-state index contributed by atoms with van der Waals surface area (Å²) in [4.78, 5) is 12.4. The Balaban J connectivity index is 1.71. The maximum absolute atomic E-state index is 12.4. The van der Waals surface area contributed by atoms with Crippen LogP contribution in [0, 0.1) is 6.92 Å². The first kappa shape index (κ1) is 17.2. The molecule has 0 atom stereocenters. The number of halogens is 1. The Morgan fingerprint density at radius 3 is 2.48 bits per heavy atom. The van der Waals surface area contributed by atoms with Crippen LogP contribution in [0.4, 0.5) is 0 Å². The smallest absolute Gasteiger partial charge is 0.274 e. The highest BCUT2D eigenvalue weighted by atomic mass is 79.9. The lowest BCUT2D eigenvalue weighted by molar-refractivity contribution is 0.0945. The summed E-state index contributed by atoms with van der Waals surface area (Å²) in [6.45, 7) is 2.23. The third kappa shape index (κ3) is 3.88. The number of ether oxygens (including phenoxy) is 1. The van der Waals surface area contributed by atoms with E-state index in [1.165, 1.54) is 0 Å². The Hall–Kier alpha value is -2.67. The van der Waals surface area contributed by atoms with Crippen molar-refractivity contribution in [3.63, 3.8) is 0 Å². The number of carbonyl (C=O) groups is 1. The van der Waals surface area contributed by atoms with E-state index in [4.69, 9.17) is 4.74 Å². The zero-order valence-corrected chi connectivity index (χ0v) is 15.4. The van der Waals surface area contributed by atoms with E-state index in [9.17, 15) is 4.79 Å². The molecule has 1 N–H and O–H groups in total. The number of nitrogens with zero attached hydrogens (tertiary/aromatic N) is 3. The first-order valence-electron chi connectivity index (χ1n) is 7.68. The molecule has 6 nitrogen and oxygen atoms in total. The van der Waals surface area contributed by atoms with Crippen molar-refractivity contribution >= 4 is 21.8 Å². The first-order chi connectivity index (χ1) is 12.1. The molecule has 7 heteroatoms. The van der Waals surface area contributed by atoms with Gasteiger partial charge in [0.2, 0.25) is 0 Å². The summed E-state index contributed by atoms with van der Waals surface area (Å²) < 4.78 is 7.75. The summed E-state index contributed by atoms with van der Waals surface area (Å²) in [5, 5.41) is 11.0. The van der Waals surface area contributed by atoms with Gasteiger partial charge < -0.3 is 10.1 Å². The Kier molecular flexibility index (Phi) is 5.14. The molecule has 3 rings (SSSR count). The summed E-state index contributed by atoms with van der Waals surface area (Å²) in [5.41, 5.74) is 2.83. The van der Waals surface area contributed by atoms with Crippen LogP contribution in [0.2, 0.25) is 0 Å². The standard InChI is InChI=1S/C18H17BrN4O2/c1-12-17(21-22-23(12)15-7-5-14(19)6-8-15)18(24)20-11-13-3-9-16(25-2)10-4-13/h3-10H,11H2,1-2H3,(H,20,24). The number of hydrogen-bond acceptors (Lipinski definition) is 4. The minimum atomic E-state index is -0.253. The molecule has 2 aromatic carbocycles. The monoisotopic (exact) mass is 400 g/mol. The molecular weight excluding hydrogens is 384 g/mol. The van der Waals surface area contributed by atoms with Gasteiger partial charge in [-0.25, -0.2) is 4.68 Å². The molecule has 1 aromatic heterocycles. The minimum absolute atomic E-state index is 0.253. The topological polar surface area (TPSA) is 69.0 Å². The van der Waals surface area contributed by atoms with E-state index < -0.39 is 0 Å². The van der Waals surface area contributed by atoms with Crippen LogP contribution < -0.4 is 10.1 Å². The molecular formula is C18H17BrN4O2. The van der Waals surface area contributed by atoms with Crippen molar-refractivity contribution in [3.05, 3.63) is 70.0 Å². The lowest BCUT2D eigenvalue weighted by atomic mass is 10.2. The molecule has 0 saturated carbocycles. The van der Waals surface area contributed by atoms with Crippen molar-refractivity contribution in [3.8, 4) is 11.4 Å². The Morgan fingerprint density at radius 1 is 1.16 bits per heavy atom. The van der Waals surface area contributed by atoms with Gasteiger partial charge in [0.1, 0.15) is 5.75 Å². The van der Waals surface area contributed by atoms with Gasteiger partial charge in [-0.2, -0.15) is 0 Å². The van der Waals surface area contributed by atoms with Crippen LogP contribution in [0.3, 0.4) is 0 Å². The summed E-state index contributed by atoms with van der Waals surface area (Å²) in [6.07, 6.45) is 0. The van der Waals surface area contributed by atoms with Gasteiger partial charge in [-0.05, 0) is 48.9 Å². The van der Waals surface area contributed by atoms with Gasteiger partial charge in [-0.15, -0.1) is 5.10 Å². The Labute approximate surface area is 153 Å². The van der Waals surface area contributed by atoms with Gasteiger partial charge in [0.15, 0.2) is 5.69 Å². The summed E-state index contributed by atoms with van der Waals surface area (Å²) in [5.74, 6) is 0.528. The average Bonchev–Trinajstić information content (AvgIpc) is 3.02. The van der Waals surface area contributed by atoms with E-state index in [-0.39, 0.29) is 5.91 Å². The predicted molar refractivity (Wildman–Crippen MR) is 98.0 cm³/mol. The molecule has 0 unspecified atom stereocenters. The van der Waals surface area contributed by atoms with Gasteiger partial charge in [-0.3, -0.25) is 4.79 Å². The van der Waals surface area contributed by atoms with Crippen molar-refractivity contribution in [2.75, 3.05) is 7.11 Å². The van der Waals surface area contributed by atoms with Gasteiger partial charge in [0, 0.05) is 11.0 Å². The van der Waals surface area contributed by atoms with Crippen molar-refractivity contribution < 1.29 is 9.53 Å². The number of aromatic nitrogens is 3. The maximum atomic E-state index is 12.4. The fourth-order valence-electron chi connectivity index (χ4n) is 2.38. The van der Waals surface area contributed by atoms with E-state index in [1.807, 2.05) is 55.5 Å². The number of nitrogens with one attached hydrogen (secondary N) is 1. The molecule has 3 aromatic rings. The van der Waals surface area contributed by atoms with E-state index >= 15 is 0 Å². The lowest BCUT2D eigenvalue weighted by Gasteiger charge is -2.06. The molecule has 1 amide bonds. The maximum Gasteiger partial charge on any atom is 0.274 e. The molecule has 1 heterocycles. The van der Waals surface area contributed by atoms with Crippen LogP contribution in [0.1, 0.15) is 21.7 Å². The molecule has 25 heavy (non-hydrogen) atoms. The Bertz CT molecular complexity index is 873. The highest BCUT2D eigenvalue weighted by Gasteiger charge is 2.17. The van der Waals surface area contributed by atoms with Crippen LogP contribution in [0.15, 0.2) is 53.0 Å². The zero-order chi connectivity index (χ0) is 17.8. The second kappa shape index (κ2) is 7.48. The van der Waals surface area contributed by atoms with Crippen LogP contribution in [0.5, 0.6) is 5.75 Å². The SMILES string of the molecule is COc1ccc(CNC(=O)c2nnn(-c3ccc(Br)cc3)c2C)cc1. The highest BCUT2D eigenvalue weighted by Crippen LogP contribution is 2.16. The number of rotatable bonds is 5. The molecule has 0 aliphatic rings. The lowest BCUT2D eigenvalue weighted by Crippen LogP contribution is -2.24. The van der Waals surface area contributed by atoms with Crippen LogP contribution in [-0.4, -0.2) is 28.0 Å². The van der Waals surface area contributed by atoms with E-state index in [0.29, 0.717) is 17.9 Å². The van der Waals surface area contributed by atoms with Gasteiger partial charge >= 0.3 is 0 Å². The van der Waals surface area contributed by atoms with Crippen molar-refractivity contribution in [1.82, 2.24) is 20.3 Å². The molecule has 0 spiro atoms. The fourth-order valence-corrected chi connectivity index (χ4v) is 2.64. The van der Waals surface area contributed by atoms with E-state index in [2.05, 4.69) is 31.6 Å².